The zero-order valence-corrected chi connectivity index (χ0v) is 20.4. The summed E-state index contributed by atoms with van der Waals surface area (Å²) in [5.41, 5.74) is 0. The van der Waals surface area contributed by atoms with Crippen molar-refractivity contribution in [1.82, 2.24) is 0 Å². The molecule has 0 saturated carbocycles. The Morgan fingerprint density at radius 2 is 0.688 bits per heavy atom. The van der Waals surface area contributed by atoms with Crippen molar-refractivity contribution in [2.24, 2.45) is 0 Å². The Morgan fingerprint density at radius 1 is 0.438 bits per heavy atom. The fourth-order valence-electron chi connectivity index (χ4n) is 3.61. The van der Waals surface area contributed by atoms with Crippen molar-refractivity contribution in [3.05, 3.63) is 36.5 Å². The molecule has 0 aromatic rings. The summed E-state index contributed by atoms with van der Waals surface area (Å²) < 4.78 is 0. The second kappa shape index (κ2) is 25.5. The molecule has 0 aromatic heterocycles. The SMILES string of the molecule is C#C[C@@H](O)/C=C/CCCCCCCCC/C=C\CCCCCCCCC/C=C/[C@@H](O)C#C. The maximum absolute atomic E-state index is 9.21. The lowest BCUT2D eigenvalue weighted by molar-refractivity contribution is 0.280. The van der Waals surface area contributed by atoms with Gasteiger partial charge in [-0.15, -0.1) is 12.8 Å². The molecule has 0 radical (unpaired) electrons. The molecule has 0 amide bonds. The van der Waals surface area contributed by atoms with Gasteiger partial charge in [0.2, 0.25) is 0 Å². The monoisotopic (exact) mass is 440 g/mol. The number of hydrogen-bond acceptors (Lipinski definition) is 2. The molecule has 2 N–H and O–H groups in total. The highest BCUT2D eigenvalue weighted by Gasteiger charge is 1.94. The zero-order valence-electron chi connectivity index (χ0n) is 20.4. The molecule has 0 rings (SSSR count). The average Bonchev–Trinajstić information content (AvgIpc) is 2.81. The maximum Gasteiger partial charge on any atom is 0.133 e. The van der Waals surface area contributed by atoms with Crippen molar-refractivity contribution in [3.63, 3.8) is 0 Å². The molecule has 0 heterocycles. The van der Waals surface area contributed by atoms with Crippen LogP contribution in [0.5, 0.6) is 0 Å². The highest BCUT2D eigenvalue weighted by Crippen LogP contribution is 2.12. The highest BCUT2D eigenvalue weighted by molar-refractivity contribution is 5.06. The van der Waals surface area contributed by atoms with E-state index in [9.17, 15) is 10.2 Å². The summed E-state index contributed by atoms with van der Waals surface area (Å²) in [5.74, 6) is 4.57. The molecule has 2 atom stereocenters. The van der Waals surface area contributed by atoms with Gasteiger partial charge in [-0.3, -0.25) is 0 Å². The quantitative estimate of drug-likeness (QED) is 0.103. The molecule has 2 heteroatoms. The van der Waals surface area contributed by atoms with E-state index in [4.69, 9.17) is 12.8 Å². The van der Waals surface area contributed by atoms with E-state index >= 15 is 0 Å². The summed E-state index contributed by atoms with van der Waals surface area (Å²) >= 11 is 0. The first-order valence-electron chi connectivity index (χ1n) is 13.0. The van der Waals surface area contributed by atoms with Crippen LogP contribution >= 0.6 is 0 Å². The number of unbranched alkanes of at least 4 members (excludes halogenated alkanes) is 16. The van der Waals surface area contributed by atoms with Crippen LogP contribution < -0.4 is 0 Å². The van der Waals surface area contributed by atoms with Crippen molar-refractivity contribution in [2.75, 3.05) is 0 Å². The first-order valence-corrected chi connectivity index (χ1v) is 13.0. The molecular formula is C30H48O2. The summed E-state index contributed by atoms with van der Waals surface area (Å²) in [6, 6.07) is 0. The maximum atomic E-state index is 9.21. The number of rotatable bonds is 22. The van der Waals surface area contributed by atoms with Crippen molar-refractivity contribution in [2.45, 2.75) is 128 Å². The van der Waals surface area contributed by atoms with Crippen molar-refractivity contribution >= 4 is 0 Å². The molecule has 0 saturated heterocycles. The minimum absolute atomic E-state index is 0.721. The minimum atomic E-state index is -0.721. The largest absolute Gasteiger partial charge is 0.377 e. The van der Waals surface area contributed by atoms with Gasteiger partial charge in [-0.05, 0) is 63.5 Å². The Hall–Kier alpha value is -1.74. The van der Waals surface area contributed by atoms with Gasteiger partial charge in [0.15, 0.2) is 0 Å². The standard InChI is InChI=1S/C30H48O2/c1-3-29(31)27-25-23-21-19-17-15-13-11-9-7-5-6-8-10-12-14-16-18-20-22-24-26-28-30(32)4-2/h1-2,5-6,25-32H,7-24H2/b6-5-,27-25+,28-26+/t29-,30+. The first-order chi connectivity index (χ1) is 15.7. The van der Waals surface area contributed by atoms with Crippen LogP contribution in [0.4, 0.5) is 0 Å². The molecule has 2 nitrogen and oxygen atoms in total. The van der Waals surface area contributed by atoms with Crippen molar-refractivity contribution < 1.29 is 10.2 Å². The van der Waals surface area contributed by atoms with E-state index in [1.165, 1.54) is 103 Å². The van der Waals surface area contributed by atoms with Crippen LogP contribution in [0.25, 0.3) is 0 Å². The van der Waals surface area contributed by atoms with Crippen LogP contribution in [0.1, 0.15) is 116 Å². The third kappa shape index (κ3) is 24.5. The second-order valence-corrected chi connectivity index (χ2v) is 8.66. The summed E-state index contributed by atoms with van der Waals surface area (Å²) in [6.07, 6.45) is 43.7. The third-order valence-corrected chi connectivity index (χ3v) is 5.63. The van der Waals surface area contributed by atoms with E-state index in [0.29, 0.717) is 0 Å². The zero-order chi connectivity index (χ0) is 23.5. The van der Waals surface area contributed by atoms with Crippen LogP contribution in [0.3, 0.4) is 0 Å². The Kier molecular flexibility index (Phi) is 24.1. The fraction of sp³-hybridized carbons (Fsp3) is 0.667. The number of aliphatic hydroxyl groups excluding tert-OH is 2. The molecule has 0 bridgehead atoms. The predicted molar refractivity (Wildman–Crippen MR) is 140 cm³/mol. The van der Waals surface area contributed by atoms with Crippen molar-refractivity contribution in [3.8, 4) is 24.7 Å². The molecule has 0 aromatic carbocycles. The second-order valence-electron chi connectivity index (χ2n) is 8.66. The topological polar surface area (TPSA) is 40.5 Å². The van der Waals surface area contributed by atoms with Gasteiger partial charge in [0.1, 0.15) is 12.2 Å². The van der Waals surface area contributed by atoms with E-state index in [0.717, 1.165) is 12.8 Å². The number of hydrogen-bond donors (Lipinski definition) is 2. The van der Waals surface area contributed by atoms with Gasteiger partial charge in [0.05, 0.1) is 0 Å². The van der Waals surface area contributed by atoms with E-state index in [1.54, 1.807) is 12.2 Å². The summed E-state index contributed by atoms with van der Waals surface area (Å²) in [7, 11) is 0. The molecular weight excluding hydrogens is 392 g/mol. The van der Waals surface area contributed by atoms with Crippen molar-refractivity contribution in [1.29, 1.82) is 0 Å². The summed E-state index contributed by atoms with van der Waals surface area (Å²) in [4.78, 5) is 0. The van der Waals surface area contributed by atoms with Gasteiger partial charge in [-0.1, -0.05) is 100 Å². The van der Waals surface area contributed by atoms with Gasteiger partial charge in [0, 0.05) is 0 Å². The summed E-state index contributed by atoms with van der Waals surface area (Å²) in [6.45, 7) is 0. The molecule has 0 unspecified atom stereocenters. The normalized spacial score (nSPS) is 13.6. The number of terminal acetylenes is 2. The van der Waals surface area contributed by atoms with E-state index in [1.807, 2.05) is 12.2 Å². The lowest BCUT2D eigenvalue weighted by Crippen LogP contribution is -1.95. The smallest absolute Gasteiger partial charge is 0.133 e. The lowest BCUT2D eigenvalue weighted by Gasteiger charge is -2.01. The van der Waals surface area contributed by atoms with E-state index in [-0.39, 0.29) is 0 Å². The first kappa shape index (κ1) is 30.3. The van der Waals surface area contributed by atoms with Gasteiger partial charge >= 0.3 is 0 Å². The number of allylic oxidation sites excluding steroid dienone is 4. The van der Waals surface area contributed by atoms with Crippen LogP contribution in [0, 0.1) is 24.7 Å². The fourth-order valence-corrected chi connectivity index (χ4v) is 3.61. The van der Waals surface area contributed by atoms with Gasteiger partial charge in [-0.2, -0.15) is 0 Å². The van der Waals surface area contributed by atoms with Crippen LogP contribution in [-0.4, -0.2) is 22.4 Å². The molecule has 0 aliphatic heterocycles. The van der Waals surface area contributed by atoms with Crippen LogP contribution in [-0.2, 0) is 0 Å². The average molecular weight is 441 g/mol. The predicted octanol–water partition coefficient (Wildman–Crippen LogP) is 7.67. The third-order valence-electron chi connectivity index (χ3n) is 5.63. The van der Waals surface area contributed by atoms with Crippen LogP contribution in [0.2, 0.25) is 0 Å². The van der Waals surface area contributed by atoms with E-state index < -0.39 is 12.2 Å². The lowest BCUT2D eigenvalue weighted by atomic mass is 10.1. The van der Waals surface area contributed by atoms with Crippen LogP contribution in [0.15, 0.2) is 36.5 Å². The molecule has 0 spiro atoms. The van der Waals surface area contributed by atoms with Gasteiger partial charge < -0.3 is 10.2 Å². The Balaban J connectivity index is 3.21. The molecule has 0 fully saturated rings. The highest BCUT2D eigenvalue weighted by atomic mass is 16.3. The van der Waals surface area contributed by atoms with E-state index in [2.05, 4.69) is 24.0 Å². The Bertz CT molecular complexity index is 508. The minimum Gasteiger partial charge on any atom is -0.377 e. The number of aliphatic hydroxyl groups is 2. The Labute approximate surface area is 199 Å². The molecule has 0 aliphatic carbocycles. The molecule has 180 valence electrons. The molecule has 32 heavy (non-hydrogen) atoms. The summed E-state index contributed by atoms with van der Waals surface area (Å²) in [5, 5.41) is 18.4. The van der Waals surface area contributed by atoms with Gasteiger partial charge in [-0.25, -0.2) is 0 Å². The van der Waals surface area contributed by atoms with Gasteiger partial charge in [0.25, 0.3) is 0 Å². The molecule has 0 aliphatic rings. The Morgan fingerprint density at radius 3 is 0.969 bits per heavy atom.